The number of hydrogen-bond donors (Lipinski definition) is 2. The van der Waals surface area contributed by atoms with E-state index in [4.69, 9.17) is 9.97 Å². The molecule has 0 saturated heterocycles. The Morgan fingerprint density at radius 1 is 0.328 bits per heavy atom. The SMILES string of the molecule is C1=Cc2cc3ccc([nH]3)c(-c3ccc4cccc5c6cccc7cccc(c3c45)c76)c3nc(cc4ccc(cc1n2)[nH]4)C=C3c1ccc2cccc3c4cccc5cccc(c1c23)c54. The highest BCUT2D eigenvalue weighted by Gasteiger charge is 2.26. The average molecular weight is 811 g/mol. The molecular weight excluding hydrogens is 777 g/mol. The Hall–Kier alpha value is -8.60. The minimum atomic E-state index is 0.882. The van der Waals surface area contributed by atoms with Gasteiger partial charge in [-0.1, -0.05) is 133 Å². The molecule has 13 aromatic rings. The van der Waals surface area contributed by atoms with Crippen LogP contribution in [0.5, 0.6) is 0 Å². The van der Waals surface area contributed by atoms with Crippen molar-refractivity contribution in [3.05, 3.63) is 204 Å². The molecule has 0 unspecified atom stereocenters. The van der Waals surface area contributed by atoms with E-state index in [-0.39, 0.29) is 0 Å². The van der Waals surface area contributed by atoms with E-state index in [0.29, 0.717) is 0 Å². The largest absolute Gasteiger partial charge is 0.355 e. The molecule has 0 amide bonds. The lowest BCUT2D eigenvalue weighted by Gasteiger charge is -2.20. The Kier molecular flexibility index (Phi) is 6.65. The fourth-order valence-corrected chi connectivity index (χ4v) is 11.3. The van der Waals surface area contributed by atoms with Crippen LogP contribution in [0.1, 0.15) is 28.3 Å². The van der Waals surface area contributed by atoms with E-state index >= 15 is 0 Å². The number of nitrogens with one attached hydrogen (secondary N) is 2. The second-order valence-corrected chi connectivity index (χ2v) is 17.4. The molecule has 0 atom stereocenters. The first kappa shape index (κ1) is 34.0. The van der Waals surface area contributed by atoms with Gasteiger partial charge in [-0.3, -0.25) is 0 Å². The summed E-state index contributed by atoms with van der Waals surface area (Å²) in [6, 6.07) is 64.8. The van der Waals surface area contributed by atoms with Gasteiger partial charge in [0.25, 0.3) is 0 Å². The van der Waals surface area contributed by atoms with Gasteiger partial charge >= 0.3 is 0 Å². The van der Waals surface area contributed by atoms with Crippen LogP contribution >= 0.6 is 0 Å². The lowest BCUT2D eigenvalue weighted by Crippen LogP contribution is -1.96. The van der Waals surface area contributed by atoms with Crippen molar-refractivity contribution in [3.8, 4) is 11.1 Å². The molecule has 3 aromatic heterocycles. The topological polar surface area (TPSA) is 57.4 Å². The number of aromatic nitrogens is 4. The molecule has 0 spiro atoms. The number of benzene rings is 10. The van der Waals surface area contributed by atoms with Crippen LogP contribution in [-0.2, 0) is 0 Å². The molecule has 2 aliphatic heterocycles. The van der Waals surface area contributed by atoms with E-state index in [1.165, 1.54) is 86.2 Å². The quantitative estimate of drug-likeness (QED) is 0.135. The maximum absolute atomic E-state index is 5.77. The Bertz CT molecular complexity index is 4420. The van der Waals surface area contributed by atoms with Crippen LogP contribution < -0.4 is 0 Å². The summed E-state index contributed by atoms with van der Waals surface area (Å²) in [6.45, 7) is 0. The van der Waals surface area contributed by atoms with Crippen molar-refractivity contribution in [2.45, 2.75) is 0 Å². The van der Waals surface area contributed by atoms with Crippen LogP contribution in [-0.4, -0.2) is 19.9 Å². The highest BCUT2D eigenvalue weighted by Crippen LogP contribution is 2.49. The number of H-pyrrole nitrogens is 2. The van der Waals surface area contributed by atoms with Crippen LogP contribution in [0.3, 0.4) is 0 Å². The maximum atomic E-state index is 5.77. The molecular formula is C60H34N4. The Morgan fingerprint density at radius 3 is 1.36 bits per heavy atom. The number of rotatable bonds is 2. The third-order valence-electron chi connectivity index (χ3n) is 13.9. The Labute approximate surface area is 365 Å². The summed E-state index contributed by atoms with van der Waals surface area (Å²) < 4.78 is 0. The number of fused-ring (bicyclic) bond motifs is 12. The highest BCUT2D eigenvalue weighted by molar-refractivity contribution is 6.37. The van der Waals surface area contributed by atoms with Gasteiger partial charge < -0.3 is 9.97 Å². The van der Waals surface area contributed by atoms with Gasteiger partial charge in [0, 0.05) is 33.2 Å². The van der Waals surface area contributed by atoms with Gasteiger partial charge in [-0.25, -0.2) is 9.97 Å². The van der Waals surface area contributed by atoms with Crippen LogP contribution in [0.15, 0.2) is 176 Å². The molecule has 15 rings (SSSR count). The number of aromatic amines is 2. The molecule has 5 heterocycles. The van der Waals surface area contributed by atoms with Crippen LogP contribution in [0, 0.1) is 0 Å². The van der Waals surface area contributed by atoms with Crippen molar-refractivity contribution in [2.75, 3.05) is 0 Å². The van der Waals surface area contributed by atoms with Crippen molar-refractivity contribution < 1.29 is 0 Å². The van der Waals surface area contributed by atoms with E-state index < -0.39 is 0 Å². The van der Waals surface area contributed by atoms with Gasteiger partial charge in [0.2, 0.25) is 0 Å². The number of hydrogen-bond acceptors (Lipinski definition) is 2. The van der Waals surface area contributed by atoms with Crippen molar-refractivity contribution in [1.29, 1.82) is 0 Å². The van der Waals surface area contributed by atoms with E-state index in [0.717, 1.165) is 67.1 Å². The average Bonchev–Trinajstić information content (AvgIpc) is 4.17. The van der Waals surface area contributed by atoms with Gasteiger partial charge in [-0.15, -0.1) is 0 Å². The molecule has 2 aliphatic rings. The summed E-state index contributed by atoms with van der Waals surface area (Å²) in [7, 11) is 0. The highest BCUT2D eigenvalue weighted by atomic mass is 14.8. The molecule has 8 bridgehead atoms. The molecule has 64 heavy (non-hydrogen) atoms. The summed E-state index contributed by atoms with van der Waals surface area (Å²) in [5.74, 6) is 0. The van der Waals surface area contributed by atoms with Crippen molar-refractivity contribution in [2.24, 2.45) is 0 Å². The summed E-state index contributed by atoms with van der Waals surface area (Å²) in [4.78, 5) is 18.3. The zero-order valence-corrected chi connectivity index (χ0v) is 34.4. The second-order valence-electron chi connectivity index (χ2n) is 17.4. The molecule has 10 aromatic carbocycles. The Morgan fingerprint density at radius 2 is 0.781 bits per heavy atom. The predicted octanol–water partition coefficient (Wildman–Crippen LogP) is 15.8. The van der Waals surface area contributed by atoms with Crippen LogP contribution in [0.25, 0.3) is 143 Å². The maximum Gasteiger partial charge on any atom is 0.0815 e. The molecule has 4 heteroatoms. The lowest BCUT2D eigenvalue weighted by molar-refractivity contribution is 1.31. The summed E-state index contributed by atoms with van der Waals surface area (Å²) in [6.07, 6.45) is 6.47. The third-order valence-corrected chi connectivity index (χ3v) is 13.9. The van der Waals surface area contributed by atoms with Crippen LogP contribution in [0.2, 0.25) is 0 Å². The summed E-state index contributed by atoms with van der Waals surface area (Å²) >= 11 is 0. The first-order valence-corrected chi connectivity index (χ1v) is 22.0. The fourth-order valence-electron chi connectivity index (χ4n) is 11.3. The van der Waals surface area contributed by atoms with Crippen molar-refractivity contribution >= 4 is 132 Å². The monoisotopic (exact) mass is 810 g/mol. The summed E-state index contributed by atoms with van der Waals surface area (Å²) in [5.41, 5.74) is 12.0. The molecule has 0 aliphatic carbocycles. The van der Waals surface area contributed by atoms with Crippen molar-refractivity contribution in [3.63, 3.8) is 0 Å². The first-order chi connectivity index (χ1) is 31.7. The first-order valence-electron chi connectivity index (χ1n) is 22.0. The van der Waals surface area contributed by atoms with Gasteiger partial charge in [0.1, 0.15) is 0 Å². The zero-order valence-electron chi connectivity index (χ0n) is 34.4. The van der Waals surface area contributed by atoms with Crippen molar-refractivity contribution in [1.82, 2.24) is 19.9 Å². The third kappa shape index (κ3) is 4.71. The standard InChI is InChI=1S/C60H34N4/c1-7-33-9-5-17-48-53(33)43(13-1)45-15-3-11-35-19-26-47(57(48)55(35)45)51-32-42-31-40-24-23-38(62-40)29-37-21-22-39(61-37)30-41-25-28-52(63-41)59(60(51)64-42)50-27-20-36-12-4-16-46-44-14-2-8-34-10-6-18-49(54(34)44)58(50)56(36)46/h1-32,62-63H. The molecule has 4 nitrogen and oxygen atoms in total. The fraction of sp³-hybridized carbons (Fsp3) is 0. The lowest BCUT2D eigenvalue weighted by atomic mass is 9.83. The van der Waals surface area contributed by atoms with E-state index in [2.05, 4.69) is 204 Å². The zero-order chi connectivity index (χ0) is 41.6. The minimum absolute atomic E-state index is 0.882. The molecule has 2 N–H and O–H groups in total. The second kappa shape index (κ2) is 12.5. The van der Waals surface area contributed by atoms with Gasteiger partial charge in [-0.2, -0.15) is 0 Å². The van der Waals surface area contributed by atoms with E-state index in [9.17, 15) is 0 Å². The molecule has 0 radical (unpaired) electrons. The molecule has 0 saturated carbocycles. The summed E-state index contributed by atoms with van der Waals surface area (Å²) in [5, 5.41) is 20.1. The normalized spacial score (nSPS) is 13.0. The Balaban J connectivity index is 1.16. The van der Waals surface area contributed by atoms with Gasteiger partial charge in [0.05, 0.1) is 22.8 Å². The van der Waals surface area contributed by atoms with E-state index in [1.54, 1.807) is 0 Å². The predicted molar refractivity (Wildman–Crippen MR) is 271 cm³/mol. The molecule has 0 fully saturated rings. The van der Waals surface area contributed by atoms with Gasteiger partial charge in [-0.05, 0) is 158 Å². The van der Waals surface area contributed by atoms with E-state index in [1.807, 2.05) is 0 Å². The van der Waals surface area contributed by atoms with Crippen LogP contribution in [0.4, 0.5) is 0 Å². The van der Waals surface area contributed by atoms with Gasteiger partial charge in [0.15, 0.2) is 0 Å². The molecule has 294 valence electrons. The minimum Gasteiger partial charge on any atom is -0.355 e. The number of nitrogens with zero attached hydrogens (tertiary/aromatic N) is 2. The smallest absolute Gasteiger partial charge is 0.0815 e.